The van der Waals surface area contributed by atoms with E-state index in [9.17, 15) is 0 Å². The normalized spacial score (nSPS) is 14.0. The average Bonchev–Trinajstić information content (AvgIpc) is 2.18. The highest BCUT2D eigenvalue weighted by Gasteiger charge is 2.31. The molecule has 0 aliphatic carbocycles. The molecular formula is C14H30N2. The van der Waals surface area contributed by atoms with Crippen LogP contribution >= 0.6 is 0 Å². The Kier molecular flexibility index (Phi) is 6.93. The van der Waals surface area contributed by atoms with Crippen molar-refractivity contribution in [1.29, 1.82) is 0 Å². The van der Waals surface area contributed by atoms with Gasteiger partial charge in [-0.25, -0.2) is 0 Å². The van der Waals surface area contributed by atoms with E-state index >= 15 is 0 Å². The summed E-state index contributed by atoms with van der Waals surface area (Å²) in [7, 11) is 0. The Balaban J connectivity index is 4.93. The quantitative estimate of drug-likeness (QED) is 0.671. The number of hydrogen-bond acceptors (Lipinski definition) is 2. The number of nitrogens with one attached hydrogen (secondary N) is 1. The zero-order chi connectivity index (χ0) is 12.8. The Hall–Kier alpha value is -0.340. The second-order valence-corrected chi connectivity index (χ2v) is 5.11. The number of likely N-dealkylation sites (N-methyl/N-ethyl adjacent to an activating group) is 2. The van der Waals surface area contributed by atoms with Crippen molar-refractivity contribution in [2.45, 2.75) is 60.0 Å². The molecule has 0 saturated heterocycles. The highest BCUT2D eigenvalue weighted by Crippen LogP contribution is 2.20. The fourth-order valence-electron chi connectivity index (χ4n) is 2.30. The minimum atomic E-state index is 0.163. The van der Waals surface area contributed by atoms with Crippen LogP contribution in [0.5, 0.6) is 0 Å². The van der Waals surface area contributed by atoms with Gasteiger partial charge in [0.15, 0.2) is 0 Å². The molecular weight excluding hydrogens is 196 g/mol. The molecule has 1 atom stereocenters. The van der Waals surface area contributed by atoms with E-state index in [-0.39, 0.29) is 5.54 Å². The second-order valence-electron chi connectivity index (χ2n) is 5.11. The topological polar surface area (TPSA) is 15.3 Å². The summed E-state index contributed by atoms with van der Waals surface area (Å²) in [5.74, 6) is 0. The summed E-state index contributed by atoms with van der Waals surface area (Å²) in [6.07, 6.45) is 2.35. The van der Waals surface area contributed by atoms with Crippen molar-refractivity contribution in [2.24, 2.45) is 0 Å². The maximum Gasteiger partial charge on any atom is 0.0433 e. The molecule has 96 valence electrons. The Bertz CT molecular complexity index is 211. The van der Waals surface area contributed by atoms with Gasteiger partial charge in [0, 0.05) is 11.6 Å². The summed E-state index contributed by atoms with van der Waals surface area (Å²) in [4.78, 5) is 2.51. The fourth-order valence-corrected chi connectivity index (χ4v) is 2.30. The fraction of sp³-hybridized carbons (Fsp3) is 0.857. The first-order chi connectivity index (χ1) is 7.39. The third-order valence-corrected chi connectivity index (χ3v) is 3.26. The number of nitrogens with zero attached hydrogens (tertiary/aromatic N) is 1. The van der Waals surface area contributed by atoms with Crippen LogP contribution in [0.25, 0.3) is 0 Å². The van der Waals surface area contributed by atoms with Crippen molar-refractivity contribution in [3.05, 3.63) is 11.6 Å². The first kappa shape index (κ1) is 15.7. The first-order valence-corrected chi connectivity index (χ1v) is 6.53. The van der Waals surface area contributed by atoms with Crippen LogP contribution in [0.4, 0.5) is 0 Å². The zero-order valence-corrected chi connectivity index (χ0v) is 12.2. The Morgan fingerprint density at radius 3 is 2.00 bits per heavy atom. The lowest BCUT2D eigenvalue weighted by Crippen LogP contribution is -2.57. The van der Waals surface area contributed by atoms with Crippen molar-refractivity contribution in [2.75, 3.05) is 19.6 Å². The zero-order valence-electron chi connectivity index (χ0n) is 12.2. The molecule has 0 aliphatic heterocycles. The number of hydrogen-bond donors (Lipinski definition) is 1. The Labute approximate surface area is 102 Å². The predicted octanol–water partition coefficient (Wildman–Crippen LogP) is 3.05. The van der Waals surface area contributed by atoms with Crippen LogP contribution in [-0.2, 0) is 0 Å². The lowest BCUT2D eigenvalue weighted by molar-refractivity contribution is 0.109. The second kappa shape index (κ2) is 7.08. The molecule has 0 rings (SSSR count). The Morgan fingerprint density at radius 1 is 1.19 bits per heavy atom. The number of rotatable bonds is 7. The van der Waals surface area contributed by atoms with Gasteiger partial charge in [-0.2, -0.15) is 0 Å². The summed E-state index contributed by atoms with van der Waals surface area (Å²) in [6, 6.07) is 0.419. The van der Waals surface area contributed by atoms with Crippen molar-refractivity contribution in [1.82, 2.24) is 10.2 Å². The molecule has 16 heavy (non-hydrogen) atoms. The van der Waals surface area contributed by atoms with Crippen LogP contribution in [0.3, 0.4) is 0 Å². The van der Waals surface area contributed by atoms with Crippen LogP contribution < -0.4 is 5.32 Å². The molecule has 0 aliphatic rings. The third-order valence-electron chi connectivity index (χ3n) is 3.26. The molecule has 0 bridgehead atoms. The molecule has 0 aromatic carbocycles. The highest BCUT2D eigenvalue weighted by molar-refractivity contribution is 5.09. The van der Waals surface area contributed by atoms with Gasteiger partial charge in [0.25, 0.3) is 0 Å². The SMILES string of the molecule is CCNC(C=C(C)C)C(C)(C)N(CC)CC. The molecule has 2 heteroatoms. The van der Waals surface area contributed by atoms with Gasteiger partial charge in [0.05, 0.1) is 0 Å². The molecule has 0 aromatic rings. The highest BCUT2D eigenvalue weighted by atomic mass is 15.2. The molecule has 0 radical (unpaired) electrons. The van der Waals surface area contributed by atoms with Gasteiger partial charge in [-0.05, 0) is 47.3 Å². The minimum absolute atomic E-state index is 0.163. The maximum absolute atomic E-state index is 3.59. The van der Waals surface area contributed by atoms with Gasteiger partial charge >= 0.3 is 0 Å². The van der Waals surface area contributed by atoms with Gasteiger partial charge < -0.3 is 5.32 Å². The molecule has 0 saturated carbocycles. The largest absolute Gasteiger partial charge is 0.309 e. The van der Waals surface area contributed by atoms with Crippen molar-refractivity contribution in [3.8, 4) is 0 Å². The lowest BCUT2D eigenvalue weighted by atomic mass is 9.90. The van der Waals surface area contributed by atoms with Crippen molar-refractivity contribution >= 4 is 0 Å². The van der Waals surface area contributed by atoms with Gasteiger partial charge in [-0.15, -0.1) is 0 Å². The molecule has 0 heterocycles. The predicted molar refractivity (Wildman–Crippen MR) is 73.9 cm³/mol. The Morgan fingerprint density at radius 2 is 1.69 bits per heavy atom. The van der Waals surface area contributed by atoms with Gasteiger partial charge in [-0.1, -0.05) is 32.4 Å². The number of allylic oxidation sites excluding steroid dienone is 1. The van der Waals surface area contributed by atoms with Gasteiger partial charge in [0.2, 0.25) is 0 Å². The van der Waals surface area contributed by atoms with Crippen LogP contribution in [0, 0.1) is 0 Å². The van der Waals surface area contributed by atoms with E-state index < -0.39 is 0 Å². The summed E-state index contributed by atoms with van der Waals surface area (Å²) < 4.78 is 0. The van der Waals surface area contributed by atoms with E-state index in [4.69, 9.17) is 0 Å². The molecule has 0 fully saturated rings. The van der Waals surface area contributed by atoms with E-state index in [0.717, 1.165) is 19.6 Å². The standard InChI is InChI=1S/C14H30N2/c1-8-15-13(11-12(4)5)14(6,7)16(9-2)10-3/h11,13,15H,8-10H2,1-7H3. The van der Waals surface area contributed by atoms with E-state index in [1.165, 1.54) is 5.57 Å². The van der Waals surface area contributed by atoms with Crippen LogP contribution in [0.2, 0.25) is 0 Å². The van der Waals surface area contributed by atoms with Crippen molar-refractivity contribution < 1.29 is 0 Å². The molecule has 1 unspecified atom stereocenters. The first-order valence-electron chi connectivity index (χ1n) is 6.53. The summed E-state index contributed by atoms with van der Waals surface area (Å²) >= 11 is 0. The van der Waals surface area contributed by atoms with Gasteiger partial charge in [0.1, 0.15) is 0 Å². The third kappa shape index (κ3) is 4.26. The molecule has 0 spiro atoms. The van der Waals surface area contributed by atoms with E-state index in [1.807, 2.05) is 0 Å². The van der Waals surface area contributed by atoms with Crippen molar-refractivity contribution in [3.63, 3.8) is 0 Å². The summed E-state index contributed by atoms with van der Waals surface area (Å²) in [5, 5.41) is 3.59. The maximum atomic E-state index is 3.59. The van der Waals surface area contributed by atoms with E-state index in [2.05, 4.69) is 64.8 Å². The monoisotopic (exact) mass is 226 g/mol. The van der Waals surface area contributed by atoms with Crippen LogP contribution in [-0.4, -0.2) is 36.1 Å². The lowest BCUT2D eigenvalue weighted by Gasteiger charge is -2.43. The van der Waals surface area contributed by atoms with Gasteiger partial charge in [-0.3, -0.25) is 4.90 Å². The minimum Gasteiger partial charge on any atom is -0.309 e. The molecule has 0 amide bonds. The smallest absolute Gasteiger partial charge is 0.0433 e. The molecule has 1 N–H and O–H groups in total. The summed E-state index contributed by atoms with van der Waals surface area (Å²) in [6.45, 7) is 18.8. The van der Waals surface area contributed by atoms with E-state index in [1.54, 1.807) is 0 Å². The average molecular weight is 226 g/mol. The molecule has 2 nitrogen and oxygen atoms in total. The van der Waals surface area contributed by atoms with Crippen LogP contribution in [0.1, 0.15) is 48.5 Å². The van der Waals surface area contributed by atoms with E-state index in [0.29, 0.717) is 6.04 Å². The molecule has 0 aromatic heterocycles. The summed E-state index contributed by atoms with van der Waals surface area (Å²) in [5.41, 5.74) is 1.54. The van der Waals surface area contributed by atoms with Crippen LogP contribution in [0.15, 0.2) is 11.6 Å².